The van der Waals surface area contributed by atoms with Crippen molar-refractivity contribution in [2.24, 2.45) is 5.14 Å². The molecule has 0 radical (unpaired) electrons. The van der Waals surface area contributed by atoms with Crippen LogP contribution in [-0.2, 0) is 14.8 Å². The minimum absolute atomic E-state index is 0.118. The van der Waals surface area contributed by atoms with Crippen LogP contribution in [0.2, 0.25) is 0 Å². The van der Waals surface area contributed by atoms with Gasteiger partial charge in [0.1, 0.15) is 0 Å². The molecule has 0 aromatic heterocycles. The van der Waals surface area contributed by atoms with E-state index in [-0.39, 0.29) is 18.2 Å². The van der Waals surface area contributed by atoms with Crippen LogP contribution in [0.15, 0.2) is 12.7 Å². The smallest absolute Gasteiger partial charge is 0.233 e. The quantitative estimate of drug-likeness (QED) is 0.354. The summed E-state index contributed by atoms with van der Waals surface area (Å²) in [6.45, 7) is 4.55. The zero-order valence-electron chi connectivity index (χ0n) is 8.53. The van der Waals surface area contributed by atoms with Crippen molar-refractivity contribution in [3.05, 3.63) is 12.7 Å². The highest BCUT2D eigenvalue weighted by molar-refractivity contribution is 7.89. The molecule has 0 atom stereocenters. The fourth-order valence-electron chi connectivity index (χ4n) is 0.851. The molecule has 6 nitrogen and oxygen atoms in total. The average Bonchev–Trinajstić information content (AvgIpc) is 2.11. The first-order valence-corrected chi connectivity index (χ1v) is 6.26. The zero-order valence-corrected chi connectivity index (χ0v) is 9.35. The summed E-state index contributed by atoms with van der Waals surface area (Å²) in [5.74, 6) is -0.292. The van der Waals surface area contributed by atoms with Crippen LogP contribution >= 0.6 is 0 Å². The van der Waals surface area contributed by atoms with Crippen LogP contribution in [0.25, 0.3) is 0 Å². The van der Waals surface area contributed by atoms with Crippen LogP contribution in [-0.4, -0.2) is 39.7 Å². The molecule has 0 aromatic carbocycles. The highest BCUT2D eigenvalue weighted by atomic mass is 32.2. The van der Waals surface area contributed by atoms with E-state index in [0.29, 0.717) is 19.5 Å². The van der Waals surface area contributed by atoms with E-state index in [2.05, 4.69) is 17.2 Å². The van der Waals surface area contributed by atoms with Crippen LogP contribution in [0.4, 0.5) is 0 Å². The van der Waals surface area contributed by atoms with E-state index in [9.17, 15) is 13.2 Å². The van der Waals surface area contributed by atoms with Crippen LogP contribution < -0.4 is 15.8 Å². The lowest BCUT2D eigenvalue weighted by Crippen LogP contribution is -2.35. The summed E-state index contributed by atoms with van der Waals surface area (Å²) < 4.78 is 21.1. The van der Waals surface area contributed by atoms with Crippen molar-refractivity contribution >= 4 is 15.9 Å². The summed E-state index contributed by atoms with van der Waals surface area (Å²) in [5.41, 5.74) is 0. The normalized spacial score (nSPS) is 11.0. The van der Waals surface area contributed by atoms with Gasteiger partial charge in [-0.25, -0.2) is 13.6 Å². The third kappa shape index (κ3) is 11.0. The van der Waals surface area contributed by atoms with Crippen molar-refractivity contribution in [1.82, 2.24) is 10.6 Å². The van der Waals surface area contributed by atoms with Gasteiger partial charge >= 0.3 is 0 Å². The van der Waals surface area contributed by atoms with Crippen LogP contribution in [0, 0.1) is 0 Å². The molecular weight excluding hydrogens is 218 g/mol. The van der Waals surface area contributed by atoms with Crippen LogP contribution in [0.1, 0.15) is 6.42 Å². The average molecular weight is 235 g/mol. The number of nitrogens with one attached hydrogen (secondary N) is 2. The van der Waals surface area contributed by atoms with Gasteiger partial charge in [0.25, 0.3) is 0 Å². The van der Waals surface area contributed by atoms with Crippen molar-refractivity contribution in [2.45, 2.75) is 6.42 Å². The number of primary sulfonamides is 1. The number of hydrogen-bond acceptors (Lipinski definition) is 4. The van der Waals surface area contributed by atoms with Gasteiger partial charge in [-0.1, -0.05) is 6.08 Å². The van der Waals surface area contributed by atoms with E-state index in [1.165, 1.54) is 0 Å². The number of amides is 1. The maximum atomic E-state index is 11.1. The summed E-state index contributed by atoms with van der Waals surface area (Å²) in [7, 11) is -3.42. The van der Waals surface area contributed by atoms with Gasteiger partial charge in [0.05, 0.1) is 12.3 Å². The van der Waals surface area contributed by atoms with E-state index in [1.807, 2.05) is 0 Å². The standard InChI is InChI=1S/C8H17N3O3S/c1-2-4-10-7-8(12)11-5-3-6-15(9,13)14/h2,10H,1,3-7H2,(H,11,12)(H2,9,13,14). The SMILES string of the molecule is C=CCNCC(=O)NCCCS(N)(=O)=O. The molecule has 0 rings (SSSR count). The van der Waals surface area contributed by atoms with Crippen molar-refractivity contribution in [1.29, 1.82) is 0 Å². The second-order valence-electron chi connectivity index (χ2n) is 2.99. The molecule has 0 spiro atoms. The number of rotatable bonds is 8. The van der Waals surface area contributed by atoms with E-state index in [1.54, 1.807) is 6.08 Å². The van der Waals surface area contributed by atoms with Gasteiger partial charge in [-0.3, -0.25) is 4.79 Å². The first-order chi connectivity index (χ1) is 6.95. The van der Waals surface area contributed by atoms with Gasteiger partial charge < -0.3 is 10.6 Å². The fraction of sp³-hybridized carbons (Fsp3) is 0.625. The molecule has 0 aromatic rings. The Labute approximate surface area is 90.0 Å². The molecule has 0 heterocycles. The lowest BCUT2D eigenvalue weighted by Gasteiger charge is -2.04. The monoisotopic (exact) mass is 235 g/mol. The first kappa shape index (κ1) is 14.1. The molecule has 0 aliphatic rings. The van der Waals surface area contributed by atoms with Gasteiger partial charge in [-0.2, -0.15) is 0 Å². The summed E-state index contributed by atoms with van der Waals surface area (Å²) in [6.07, 6.45) is 1.97. The molecule has 4 N–H and O–H groups in total. The van der Waals surface area contributed by atoms with Gasteiger partial charge in [0.2, 0.25) is 15.9 Å². The Morgan fingerprint density at radius 1 is 1.47 bits per heavy atom. The molecular formula is C8H17N3O3S. The zero-order chi connectivity index (χ0) is 11.7. The van der Waals surface area contributed by atoms with Crippen LogP contribution in [0.3, 0.4) is 0 Å². The molecule has 0 aliphatic carbocycles. The summed E-state index contributed by atoms with van der Waals surface area (Å²) in [4.78, 5) is 11.1. The summed E-state index contributed by atoms with van der Waals surface area (Å²) in [6, 6.07) is 0. The van der Waals surface area contributed by atoms with E-state index in [4.69, 9.17) is 5.14 Å². The van der Waals surface area contributed by atoms with E-state index in [0.717, 1.165) is 0 Å². The second-order valence-corrected chi connectivity index (χ2v) is 4.72. The number of carbonyl (C=O) groups excluding carboxylic acids is 1. The minimum Gasteiger partial charge on any atom is -0.355 e. The number of hydrogen-bond donors (Lipinski definition) is 3. The Morgan fingerprint density at radius 3 is 2.67 bits per heavy atom. The minimum atomic E-state index is -3.42. The third-order valence-corrected chi connectivity index (χ3v) is 2.36. The predicted octanol–water partition coefficient (Wildman–Crippen LogP) is -1.44. The Hall–Kier alpha value is -0.920. The third-order valence-electron chi connectivity index (χ3n) is 1.50. The molecule has 15 heavy (non-hydrogen) atoms. The van der Waals surface area contributed by atoms with Gasteiger partial charge in [0.15, 0.2) is 0 Å². The van der Waals surface area contributed by atoms with Crippen molar-refractivity contribution in [2.75, 3.05) is 25.4 Å². The highest BCUT2D eigenvalue weighted by Crippen LogP contribution is 1.83. The largest absolute Gasteiger partial charge is 0.355 e. The fourth-order valence-corrected chi connectivity index (χ4v) is 1.40. The maximum absolute atomic E-state index is 11.1. The Kier molecular flexibility index (Phi) is 6.93. The molecule has 0 bridgehead atoms. The molecule has 7 heteroatoms. The number of carbonyl (C=O) groups is 1. The Morgan fingerprint density at radius 2 is 2.13 bits per heavy atom. The lowest BCUT2D eigenvalue weighted by atomic mass is 10.4. The summed E-state index contributed by atoms with van der Waals surface area (Å²) >= 11 is 0. The molecule has 0 fully saturated rings. The van der Waals surface area contributed by atoms with Gasteiger partial charge in [-0.15, -0.1) is 6.58 Å². The molecule has 1 amide bonds. The number of sulfonamides is 1. The summed E-state index contributed by atoms with van der Waals surface area (Å²) in [5, 5.41) is 10.2. The van der Waals surface area contributed by atoms with Crippen molar-refractivity contribution in [3.8, 4) is 0 Å². The van der Waals surface area contributed by atoms with Crippen LogP contribution in [0.5, 0.6) is 0 Å². The van der Waals surface area contributed by atoms with E-state index >= 15 is 0 Å². The van der Waals surface area contributed by atoms with Gasteiger partial charge in [-0.05, 0) is 6.42 Å². The van der Waals surface area contributed by atoms with Gasteiger partial charge in [0, 0.05) is 13.1 Å². The molecule has 0 saturated heterocycles. The molecule has 0 unspecified atom stereocenters. The van der Waals surface area contributed by atoms with E-state index < -0.39 is 10.0 Å². The maximum Gasteiger partial charge on any atom is 0.233 e. The number of nitrogens with two attached hydrogens (primary N) is 1. The molecule has 0 saturated carbocycles. The molecule has 0 aliphatic heterocycles. The Balaban J connectivity index is 3.43. The second kappa shape index (κ2) is 7.38. The predicted molar refractivity (Wildman–Crippen MR) is 58.7 cm³/mol. The van der Waals surface area contributed by atoms with Crippen molar-refractivity contribution < 1.29 is 13.2 Å². The lowest BCUT2D eigenvalue weighted by molar-refractivity contribution is -0.120. The highest BCUT2D eigenvalue weighted by Gasteiger charge is 2.03. The molecule has 88 valence electrons. The Bertz CT molecular complexity index is 300. The topological polar surface area (TPSA) is 101 Å². The first-order valence-electron chi connectivity index (χ1n) is 4.54. The van der Waals surface area contributed by atoms with Crippen molar-refractivity contribution in [3.63, 3.8) is 0 Å².